The summed E-state index contributed by atoms with van der Waals surface area (Å²) in [7, 11) is 0. The lowest BCUT2D eigenvalue weighted by Gasteiger charge is -1.98. The van der Waals surface area contributed by atoms with Gasteiger partial charge in [0.05, 0.1) is 23.8 Å². The third-order valence-electron chi connectivity index (χ3n) is 2.70. The molecule has 3 rings (SSSR count). The molecule has 20 heavy (non-hydrogen) atoms. The van der Waals surface area contributed by atoms with Gasteiger partial charge in [-0.15, -0.1) is 5.11 Å². The van der Waals surface area contributed by atoms with E-state index in [9.17, 15) is 0 Å². The molecule has 0 bridgehead atoms. The first-order valence-corrected chi connectivity index (χ1v) is 6.46. The number of rotatable bonds is 3. The van der Waals surface area contributed by atoms with E-state index in [4.69, 9.17) is 11.6 Å². The molecule has 0 amide bonds. The molecule has 0 saturated carbocycles. The summed E-state index contributed by atoms with van der Waals surface area (Å²) < 4.78 is 1.76. The number of aromatic nitrogens is 2. The maximum atomic E-state index is 5.81. The van der Waals surface area contributed by atoms with Gasteiger partial charge in [0.25, 0.3) is 0 Å². The molecule has 0 aliphatic carbocycles. The summed E-state index contributed by atoms with van der Waals surface area (Å²) in [5.74, 6) is 0. The van der Waals surface area contributed by atoms with Crippen molar-refractivity contribution in [2.45, 2.75) is 0 Å². The highest BCUT2D eigenvalue weighted by Crippen LogP contribution is 2.20. The number of hydrogen-bond acceptors (Lipinski definition) is 3. The summed E-state index contributed by atoms with van der Waals surface area (Å²) >= 11 is 5.81. The lowest BCUT2D eigenvalue weighted by atomic mass is 10.3. The van der Waals surface area contributed by atoms with Crippen molar-refractivity contribution in [3.8, 4) is 5.69 Å². The summed E-state index contributed by atoms with van der Waals surface area (Å²) in [5.41, 5.74) is 2.44. The van der Waals surface area contributed by atoms with Gasteiger partial charge in [0.2, 0.25) is 0 Å². The molecule has 98 valence electrons. The van der Waals surface area contributed by atoms with Crippen LogP contribution in [0, 0.1) is 0 Å². The van der Waals surface area contributed by atoms with E-state index in [1.54, 1.807) is 23.0 Å². The van der Waals surface area contributed by atoms with Crippen molar-refractivity contribution < 1.29 is 0 Å². The first-order chi connectivity index (χ1) is 9.81. The lowest BCUT2D eigenvalue weighted by Crippen LogP contribution is -1.92. The Morgan fingerprint density at radius 3 is 2.30 bits per heavy atom. The van der Waals surface area contributed by atoms with Crippen LogP contribution >= 0.6 is 11.6 Å². The topological polar surface area (TPSA) is 42.5 Å². The smallest absolute Gasteiger partial charge is 0.124 e. The van der Waals surface area contributed by atoms with Crippen molar-refractivity contribution in [2.24, 2.45) is 10.2 Å². The van der Waals surface area contributed by atoms with E-state index in [-0.39, 0.29) is 0 Å². The average Bonchev–Trinajstić information content (AvgIpc) is 2.97. The summed E-state index contributed by atoms with van der Waals surface area (Å²) in [6, 6.07) is 17.0. The van der Waals surface area contributed by atoms with Crippen LogP contribution in [0.25, 0.3) is 5.69 Å². The quantitative estimate of drug-likeness (QED) is 0.627. The lowest BCUT2D eigenvalue weighted by molar-refractivity contribution is 0.880. The molecule has 0 spiro atoms. The normalized spacial score (nSPS) is 11.1. The second-order valence-corrected chi connectivity index (χ2v) is 4.59. The van der Waals surface area contributed by atoms with Gasteiger partial charge in [-0.1, -0.05) is 29.8 Å². The Kier molecular flexibility index (Phi) is 3.56. The zero-order valence-corrected chi connectivity index (χ0v) is 11.3. The number of azo groups is 1. The Hall–Kier alpha value is -2.46. The SMILES string of the molecule is Clc1ccc(N=Nc2cnn(-c3ccccc3)c2)cc1. The van der Waals surface area contributed by atoms with Crippen LogP contribution in [0.2, 0.25) is 5.02 Å². The molecule has 0 radical (unpaired) electrons. The highest BCUT2D eigenvalue weighted by molar-refractivity contribution is 6.30. The van der Waals surface area contributed by atoms with Gasteiger partial charge in [0.1, 0.15) is 5.69 Å². The van der Waals surface area contributed by atoms with Crippen LogP contribution in [0.4, 0.5) is 11.4 Å². The Morgan fingerprint density at radius 2 is 1.55 bits per heavy atom. The van der Waals surface area contributed by atoms with Crippen molar-refractivity contribution in [1.29, 1.82) is 0 Å². The van der Waals surface area contributed by atoms with Gasteiger partial charge >= 0.3 is 0 Å². The van der Waals surface area contributed by atoms with Crippen molar-refractivity contribution >= 4 is 23.0 Å². The molecular formula is C15H11ClN4. The molecule has 4 nitrogen and oxygen atoms in total. The summed E-state index contributed by atoms with van der Waals surface area (Å²) in [6.07, 6.45) is 3.50. The summed E-state index contributed by atoms with van der Waals surface area (Å²) in [5, 5.41) is 13.2. The van der Waals surface area contributed by atoms with E-state index in [1.807, 2.05) is 48.7 Å². The largest absolute Gasteiger partial charge is 0.239 e. The van der Waals surface area contributed by atoms with Gasteiger partial charge in [-0.2, -0.15) is 10.2 Å². The highest BCUT2D eigenvalue weighted by atomic mass is 35.5. The minimum atomic E-state index is 0.681. The van der Waals surface area contributed by atoms with Crippen LogP contribution in [0.3, 0.4) is 0 Å². The van der Waals surface area contributed by atoms with E-state index in [0.717, 1.165) is 11.4 Å². The number of benzene rings is 2. The minimum Gasteiger partial charge on any atom is -0.239 e. The summed E-state index contributed by atoms with van der Waals surface area (Å²) in [4.78, 5) is 0. The minimum absolute atomic E-state index is 0.681. The van der Waals surface area contributed by atoms with Crippen LogP contribution < -0.4 is 0 Å². The molecule has 2 aromatic carbocycles. The molecule has 0 aliphatic heterocycles. The van der Waals surface area contributed by atoms with Crippen LogP contribution in [-0.2, 0) is 0 Å². The predicted octanol–water partition coefficient (Wildman–Crippen LogP) is 4.94. The number of hydrogen-bond donors (Lipinski definition) is 0. The van der Waals surface area contributed by atoms with Gasteiger partial charge in [-0.3, -0.25) is 0 Å². The zero-order valence-electron chi connectivity index (χ0n) is 10.5. The van der Waals surface area contributed by atoms with Gasteiger partial charge in [-0.25, -0.2) is 4.68 Å². The molecule has 0 aliphatic rings. The van der Waals surface area contributed by atoms with Crippen LogP contribution in [-0.4, -0.2) is 9.78 Å². The molecule has 1 heterocycles. The molecule has 1 aromatic heterocycles. The fourth-order valence-corrected chi connectivity index (χ4v) is 1.84. The molecule has 0 N–H and O–H groups in total. The molecule has 5 heteroatoms. The van der Waals surface area contributed by atoms with Gasteiger partial charge in [-0.05, 0) is 36.4 Å². The second-order valence-electron chi connectivity index (χ2n) is 4.16. The van der Waals surface area contributed by atoms with Crippen LogP contribution in [0.15, 0.2) is 77.2 Å². The third-order valence-corrected chi connectivity index (χ3v) is 2.95. The zero-order chi connectivity index (χ0) is 13.8. The van der Waals surface area contributed by atoms with Crippen LogP contribution in [0.1, 0.15) is 0 Å². The van der Waals surface area contributed by atoms with Crippen molar-refractivity contribution in [3.63, 3.8) is 0 Å². The predicted molar refractivity (Wildman–Crippen MR) is 79.2 cm³/mol. The fourth-order valence-electron chi connectivity index (χ4n) is 1.71. The Balaban J connectivity index is 1.79. The Labute approximate surface area is 121 Å². The number of nitrogens with zero attached hydrogens (tertiary/aromatic N) is 4. The van der Waals surface area contributed by atoms with Crippen molar-refractivity contribution in [2.75, 3.05) is 0 Å². The maximum Gasteiger partial charge on any atom is 0.124 e. The average molecular weight is 283 g/mol. The first-order valence-electron chi connectivity index (χ1n) is 6.09. The summed E-state index contributed by atoms with van der Waals surface area (Å²) in [6.45, 7) is 0. The standard InChI is InChI=1S/C15H11ClN4/c16-12-6-8-13(9-7-12)18-19-14-10-17-20(11-14)15-4-2-1-3-5-15/h1-11H. The Bertz CT molecular complexity index is 717. The molecule has 0 fully saturated rings. The maximum absolute atomic E-state index is 5.81. The van der Waals surface area contributed by atoms with Gasteiger partial charge < -0.3 is 0 Å². The highest BCUT2D eigenvalue weighted by Gasteiger charge is 1.99. The van der Waals surface area contributed by atoms with Gasteiger partial charge in [0.15, 0.2) is 0 Å². The molecule has 0 atom stereocenters. The first kappa shape index (κ1) is 12.6. The third kappa shape index (κ3) is 2.92. The van der Waals surface area contributed by atoms with E-state index in [1.165, 1.54) is 0 Å². The molecular weight excluding hydrogens is 272 g/mol. The van der Waals surface area contributed by atoms with E-state index in [0.29, 0.717) is 10.7 Å². The number of halogens is 1. The molecule has 0 saturated heterocycles. The van der Waals surface area contributed by atoms with E-state index < -0.39 is 0 Å². The van der Waals surface area contributed by atoms with E-state index in [2.05, 4.69) is 15.3 Å². The van der Waals surface area contributed by atoms with E-state index >= 15 is 0 Å². The Morgan fingerprint density at radius 1 is 0.850 bits per heavy atom. The van der Waals surface area contributed by atoms with Gasteiger partial charge in [0, 0.05) is 5.02 Å². The van der Waals surface area contributed by atoms with Crippen molar-refractivity contribution in [1.82, 2.24) is 9.78 Å². The molecule has 0 unspecified atom stereocenters. The van der Waals surface area contributed by atoms with Crippen molar-refractivity contribution in [3.05, 3.63) is 72.0 Å². The monoisotopic (exact) mass is 282 g/mol. The fraction of sp³-hybridized carbons (Fsp3) is 0. The second kappa shape index (κ2) is 5.67. The van der Waals surface area contributed by atoms with Crippen LogP contribution in [0.5, 0.6) is 0 Å². The molecule has 3 aromatic rings. The number of para-hydroxylation sites is 1.